The van der Waals surface area contributed by atoms with E-state index in [2.05, 4.69) is 15.0 Å². The molecule has 1 aliphatic rings. The summed E-state index contributed by atoms with van der Waals surface area (Å²) in [6, 6.07) is 11.4. The molecule has 0 atom stereocenters. The first kappa shape index (κ1) is 21.2. The first-order valence-electron chi connectivity index (χ1n) is 10.3. The van der Waals surface area contributed by atoms with Crippen molar-refractivity contribution < 1.29 is 14.3 Å². The van der Waals surface area contributed by atoms with Gasteiger partial charge in [0.05, 0.1) is 6.20 Å². The van der Waals surface area contributed by atoms with Gasteiger partial charge in [0.15, 0.2) is 0 Å². The highest BCUT2D eigenvalue weighted by Crippen LogP contribution is 2.15. The Kier molecular flexibility index (Phi) is 6.81. The topological polar surface area (TPSA) is 88.5 Å². The zero-order chi connectivity index (χ0) is 22.2. The second-order valence-electron chi connectivity index (χ2n) is 7.26. The van der Waals surface area contributed by atoms with E-state index in [9.17, 15) is 9.59 Å². The molecule has 1 saturated heterocycles. The van der Waals surface area contributed by atoms with Crippen LogP contribution in [0.4, 0.5) is 0 Å². The fourth-order valence-corrected chi connectivity index (χ4v) is 3.30. The van der Waals surface area contributed by atoms with E-state index in [4.69, 9.17) is 4.74 Å². The maximum atomic E-state index is 12.5. The molecule has 0 radical (unpaired) electrons. The normalized spacial score (nSPS) is 13.9. The van der Waals surface area contributed by atoms with E-state index in [1.54, 1.807) is 34.3 Å². The molecule has 8 nitrogen and oxygen atoms in total. The minimum absolute atomic E-state index is 0.0755. The summed E-state index contributed by atoms with van der Waals surface area (Å²) in [6.45, 7) is 2.36. The maximum absolute atomic E-state index is 12.5. The predicted octanol–water partition coefficient (Wildman–Crippen LogP) is 2.45. The van der Waals surface area contributed by atoms with Gasteiger partial charge in [-0.25, -0.2) is 4.98 Å². The van der Waals surface area contributed by atoms with E-state index in [0.29, 0.717) is 38.5 Å². The van der Waals surface area contributed by atoms with Crippen LogP contribution < -0.4 is 4.74 Å². The lowest BCUT2D eigenvalue weighted by molar-refractivity contribution is -0.127. The number of aromatic nitrogens is 3. The lowest BCUT2D eigenvalue weighted by Crippen LogP contribution is -2.50. The molecule has 0 saturated carbocycles. The van der Waals surface area contributed by atoms with E-state index in [1.165, 1.54) is 18.6 Å². The number of nitrogens with zero attached hydrogens (tertiary/aromatic N) is 5. The number of pyridine rings is 1. The quantitative estimate of drug-likeness (QED) is 0.560. The molecule has 0 N–H and O–H groups in total. The Bertz CT molecular complexity index is 1060. The van der Waals surface area contributed by atoms with E-state index in [0.717, 1.165) is 16.9 Å². The standard InChI is InChI=1S/C24H23N5O3/c30-23(28-12-14-29(15-13-28)24(31)22-17-26-10-11-27-22)8-5-19-3-6-21(7-4-19)32-18-20-2-1-9-25-16-20/h1-11,16-17H,12-15,18H2/b8-5+. The second-order valence-corrected chi connectivity index (χ2v) is 7.26. The highest BCUT2D eigenvalue weighted by molar-refractivity contribution is 5.93. The van der Waals surface area contributed by atoms with Crippen molar-refractivity contribution in [1.29, 1.82) is 0 Å². The first-order chi connectivity index (χ1) is 15.7. The Labute approximate surface area is 186 Å². The number of hydrogen-bond acceptors (Lipinski definition) is 6. The summed E-state index contributed by atoms with van der Waals surface area (Å²) in [5.41, 5.74) is 2.23. The molecule has 1 fully saturated rings. The number of piperazine rings is 1. The van der Waals surface area contributed by atoms with Gasteiger partial charge in [0.1, 0.15) is 18.1 Å². The van der Waals surface area contributed by atoms with Crippen molar-refractivity contribution in [2.45, 2.75) is 6.61 Å². The molecule has 0 aliphatic carbocycles. The van der Waals surface area contributed by atoms with Crippen LogP contribution in [0, 0.1) is 0 Å². The number of carbonyl (C=O) groups excluding carboxylic acids is 2. The van der Waals surface area contributed by atoms with Gasteiger partial charge >= 0.3 is 0 Å². The van der Waals surface area contributed by atoms with Crippen LogP contribution in [0.3, 0.4) is 0 Å². The number of rotatable bonds is 6. The molecule has 0 bridgehead atoms. The van der Waals surface area contributed by atoms with E-state index in [1.807, 2.05) is 36.4 Å². The molecule has 3 heterocycles. The fourth-order valence-electron chi connectivity index (χ4n) is 3.30. The summed E-state index contributed by atoms with van der Waals surface area (Å²) in [4.78, 5) is 40.4. The van der Waals surface area contributed by atoms with Gasteiger partial charge in [-0.3, -0.25) is 19.6 Å². The van der Waals surface area contributed by atoms with Crippen molar-refractivity contribution in [3.05, 3.63) is 90.3 Å². The van der Waals surface area contributed by atoms with Crippen molar-refractivity contribution >= 4 is 17.9 Å². The molecule has 32 heavy (non-hydrogen) atoms. The Hall–Kier alpha value is -4.07. The van der Waals surface area contributed by atoms with E-state index >= 15 is 0 Å². The molecule has 162 valence electrons. The van der Waals surface area contributed by atoms with Crippen LogP contribution in [0.5, 0.6) is 5.75 Å². The molecule has 1 aliphatic heterocycles. The number of amides is 2. The molecular weight excluding hydrogens is 406 g/mol. The summed E-state index contributed by atoms with van der Waals surface area (Å²) in [7, 11) is 0. The largest absolute Gasteiger partial charge is 0.489 e. The van der Waals surface area contributed by atoms with E-state index in [-0.39, 0.29) is 11.8 Å². The summed E-state index contributed by atoms with van der Waals surface area (Å²) in [6.07, 6.45) is 11.3. The first-order valence-corrected chi connectivity index (χ1v) is 10.3. The van der Waals surface area contributed by atoms with Gasteiger partial charge in [0.2, 0.25) is 5.91 Å². The van der Waals surface area contributed by atoms with Crippen LogP contribution in [0.1, 0.15) is 21.6 Å². The summed E-state index contributed by atoms with van der Waals surface area (Å²) < 4.78 is 5.75. The highest BCUT2D eigenvalue weighted by Gasteiger charge is 2.24. The van der Waals surface area contributed by atoms with Crippen molar-refractivity contribution in [1.82, 2.24) is 24.8 Å². The van der Waals surface area contributed by atoms with Gasteiger partial charge in [-0.1, -0.05) is 18.2 Å². The summed E-state index contributed by atoms with van der Waals surface area (Å²) >= 11 is 0. The van der Waals surface area contributed by atoms with Crippen molar-refractivity contribution in [2.24, 2.45) is 0 Å². The van der Waals surface area contributed by atoms with Gasteiger partial charge in [0, 0.05) is 62.6 Å². The second kappa shape index (κ2) is 10.3. The van der Waals surface area contributed by atoms with Crippen LogP contribution >= 0.6 is 0 Å². The molecule has 1 aromatic carbocycles. The zero-order valence-electron chi connectivity index (χ0n) is 17.5. The third-order valence-corrected chi connectivity index (χ3v) is 5.09. The van der Waals surface area contributed by atoms with Crippen LogP contribution in [-0.2, 0) is 11.4 Å². The molecule has 2 aromatic heterocycles. The van der Waals surface area contributed by atoms with Crippen LogP contribution in [0.15, 0.2) is 73.5 Å². The van der Waals surface area contributed by atoms with Crippen molar-refractivity contribution in [3.8, 4) is 5.75 Å². The Balaban J connectivity index is 1.25. The number of carbonyl (C=O) groups is 2. The molecule has 4 rings (SSSR count). The summed E-state index contributed by atoms with van der Waals surface area (Å²) in [5.74, 6) is 0.515. The minimum Gasteiger partial charge on any atom is -0.489 e. The third kappa shape index (κ3) is 5.54. The lowest BCUT2D eigenvalue weighted by Gasteiger charge is -2.34. The Morgan fingerprint density at radius 1 is 0.906 bits per heavy atom. The van der Waals surface area contributed by atoms with Crippen LogP contribution in [0.2, 0.25) is 0 Å². The lowest BCUT2D eigenvalue weighted by atomic mass is 10.2. The van der Waals surface area contributed by atoms with Gasteiger partial charge in [-0.05, 0) is 29.8 Å². The maximum Gasteiger partial charge on any atom is 0.274 e. The SMILES string of the molecule is O=C(/C=C/c1ccc(OCc2cccnc2)cc1)N1CCN(C(=O)c2cnccn2)CC1. The third-order valence-electron chi connectivity index (χ3n) is 5.09. The van der Waals surface area contributed by atoms with Gasteiger partial charge < -0.3 is 14.5 Å². The van der Waals surface area contributed by atoms with Gasteiger partial charge in [-0.2, -0.15) is 0 Å². The smallest absolute Gasteiger partial charge is 0.274 e. The minimum atomic E-state index is -0.161. The molecule has 0 unspecified atom stereocenters. The molecule has 2 amide bonds. The molecule has 0 spiro atoms. The van der Waals surface area contributed by atoms with Crippen molar-refractivity contribution in [3.63, 3.8) is 0 Å². The summed E-state index contributed by atoms with van der Waals surface area (Å²) in [5, 5.41) is 0. The van der Waals surface area contributed by atoms with Crippen LogP contribution in [-0.4, -0.2) is 62.7 Å². The zero-order valence-corrected chi connectivity index (χ0v) is 17.5. The number of benzene rings is 1. The van der Waals surface area contributed by atoms with Crippen LogP contribution in [0.25, 0.3) is 6.08 Å². The fraction of sp³-hybridized carbons (Fsp3) is 0.208. The molecule has 3 aromatic rings. The monoisotopic (exact) mass is 429 g/mol. The Morgan fingerprint density at radius 2 is 1.66 bits per heavy atom. The van der Waals surface area contributed by atoms with Gasteiger partial charge in [-0.15, -0.1) is 0 Å². The highest BCUT2D eigenvalue weighted by atomic mass is 16.5. The predicted molar refractivity (Wildman–Crippen MR) is 119 cm³/mol. The molecular formula is C24H23N5O3. The number of ether oxygens (including phenoxy) is 1. The molecule has 8 heteroatoms. The number of hydrogen-bond donors (Lipinski definition) is 0. The van der Waals surface area contributed by atoms with E-state index < -0.39 is 0 Å². The average Bonchev–Trinajstić information content (AvgIpc) is 2.87. The van der Waals surface area contributed by atoms with Crippen molar-refractivity contribution in [2.75, 3.05) is 26.2 Å². The average molecular weight is 429 g/mol. The van der Waals surface area contributed by atoms with Gasteiger partial charge in [0.25, 0.3) is 5.91 Å². The Morgan fingerprint density at radius 3 is 2.34 bits per heavy atom.